The maximum absolute atomic E-state index is 13.1. The van der Waals surface area contributed by atoms with Crippen molar-refractivity contribution in [3.05, 3.63) is 84.8 Å². The number of ether oxygens (including phenoxy) is 1. The zero-order valence-corrected chi connectivity index (χ0v) is 17.7. The monoisotopic (exact) mass is 445 g/mol. The van der Waals surface area contributed by atoms with Crippen LogP contribution in [-0.2, 0) is 0 Å². The van der Waals surface area contributed by atoms with Gasteiger partial charge in [-0.25, -0.2) is 14.4 Å². The lowest BCUT2D eigenvalue weighted by atomic mass is 10.2. The molecule has 0 saturated carbocycles. The number of para-hydroxylation sites is 1. The number of halogens is 1. The predicted octanol–water partition coefficient (Wildman–Crippen LogP) is 5.51. The number of hydrogen-bond donors (Lipinski definition) is 0. The molecule has 1 atom stereocenters. The highest BCUT2D eigenvalue weighted by atomic mass is 32.2. The third-order valence-electron chi connectivity index (χ3n) is 4.59. The van der Waals surface area contributed by atoms with Gasteiger partial charge >= 0.3 is 0 Å². The molecule has 0 N–H and O–H groups in total. The van der Waals surface area contributed by atoms with Crippen LogP contribution in [0.4, 0.5) is 4.39 Å². The van der Waals surface area contributed by atoms with Gasteiger partial charge in [-0.2, -0.15) is 0 Å². The maximum atomic E-state index is 13.1. The van der Waals surface area contributed by atoms with Gasteiger partial charge in [0.25, 0.3) is 11.1 Å². The number of hydrogen-bond acceptors (Lipinski definition) is 8. The Kier molecular flexibility index (Phi) is 5.47. The summed E-state index contributed by atoms with van der Waals surface area (Å²) in [6, 6.07) is 17.2. The summed E-state index contributed by atoms with van der Waals surface area (Å²) < 4.78 is 24.7. The highest BCUT2D eigenvalue weighted by Crippen LogP contribution is 2.33. The summed E-state index contributed by atoms with van der Waals surface area (Å²) in [6.45, 7) is 1.78. The molecule has 0 radical (unpaired) electrons. The minimum Gasteiger partial charge on any atom is -0.481 e. The summed E-state index contributed by atoms with van der Waals surface area (Å²) in [5.41, 5.74) is 1.67. The van der Waals surface area contributed by atoms with Crippen LogP contribution in [0.1, 0.15) is 18.9 Å². The van der Waals surface area contributed by atoms with Gasteiger partial charge in [0.15, 0.2) is 11.9 Å². The number of pyridine rings is 1. The molecule has 5 rings (SSSR count). The van der Waals surface area contributed by atoms with Gasteiger partial charge in [-0.15, -0.1) is 10.2 Å². The van der Waals surface area contributed by atoms with Crippen LogP contribution in [0.25, 0.3) is 22.3 Å². The first kappa shape index (κ1) is 20.1. The molecule has 158 valence electrons. The summed E-state index contributed by atoms with van der Waals surface area (Å²) in [5, 5.41) is 10.1. The van der Waals surface area contributed by atoms with Gasteiger partial charge in [-0.3, -0.25) is 4.98 Å². The van der Waals surface area contributed by atoms with Crippen molar-refractivity contribution in [2.24, 2.45) is 0 Å². The third kappa shape index (κ3) is 4.28. The Morgan fingerprint density at radius 2 is 1.72 bits per heavy atom. The molecule has 0 aliphatic heterocycles. The molecular formula is C23H16FN5O2S. The first-order valence-electron chi connectivity index (χ1n) is 9.76. The highest BCUT2D eigenvalue weighted by molar-refractivity contribution is 7.99. The van der Waals surface area contributed by atoms with Gasteiger partial charge in [0.05, 0.1) is 5.52 Å². The second kappa shape index (κ2) is 8.72. The van der Waals surface area contributed by atoms with E-state index in [1.807, 2.05) is 36.4 Å². The molecule has 0 aliphatic rings. The van der Waals surface area contributed by atoms with Crippen LogP contribution in [0.5, 0.6) is 5.75 Å². The molecule has 1 unspecified atom stereocenters. The lowest BCUT2D eigenvalue weighted by Gasteiger charge is -2.10. The summed E-state index contributed by atoms with van der Waals surface area (Å²) in [4.78, 5) is 13.4. The minimum atomic E-state index is -0.503. The van der Waals surface area contributed by atoms with Gasteiger partial charge in [0.1, 0.15) is 16.6 Å². The van der Waals surface area contributed by atoms with Crippen LogP contribution in [0, 0.1) is 5.82 Å². The minimum absolute atomic E-state index is 0.310. The van der Waals surface area contributed by atoms with E-state index in [1.165, 1.54) is 23.9 Å². The molecule has 32 heavy (non-hydrogen) atoms. The standard InChI is InChI=1S/C23H16FN5O2S/c1-14(30-17-8-6-16(24)7-9-17)21-28-29-23(31-21)32-22-18-4-2-3-5-19(18)26-20(27-22)15-10-12-25-13-11-15/h2-14H,1H3. The fraction of sp³-hybridized carbons (Fsp3) is 0.0870. The highest BCUT2D eigenvalue weighted by Gasteiger charge is 2.18. The Morgan fingerprint density at radius 1 is 0.938 bits per heavy atom. The first-order chi connectivity index (χ1) is 15.7. The van der Waals surface area contributed by atoms with Crippen molar-refractivity contribution in [3.63, 3.8) is 0 Å². The Balaban J connectivity index is 1.42. The van der Waals surface area contributed by atoms with E-state index in [4.69, 9.17) is 14.1 Å². The molecule has 0 saturated heterocycles. The average molecular weight is 445 g/mol. The molecule has 0 aliphatic carbocycles. The van der Waals surface area contributed by atoms with Gasteiger partial charge in [-0.1, -0.05) is 18.2 Å². The first-order valence-corrected chi connectivity index (χ1v) is 10.6. The molecule has 7 nitrogen and oxygen atoms in total. The zero-order valence-electron chi connectivity index (χ0n) is 16.8. The fourth-order valence-electron chi connectivity index (χ4n) is 3.03. The number of rotatable bonds is 6. The van der Waals surface area contributed by atoms with Gasteiger partial charge in [0, 0.05) is 23.3 Å². The number of benzene rings is 2. The van der Waals surface area contributed by atoms with E-state index in [9.17, 15) is 4.39 Å². The van der Waals surface area contributed by atoms with Gasteiger partial charge in [0.2, 0.25) is 0 Å². The van der Waals surface area contributed by atoms with Crippen molar-refractivity contribution in [1.29, 1.82) is 0 Å². The van der Waals surface area contributed by atoms with E-state index in [2.05, 4.69) is 20.2 Å². The smallest absolute Gasteiger partial charge is 0.283 e. The Morgan fingerprint density at radius 3 is 2.53 bits per heavy atom. The number of fused-ring (bicyclic) bond motifs is 1. The zero-order chi connectivity index (χ0) is 21.9. The van der Waals surface area contributed by atoms with Crippen LogP contribution in [0.2, 0.25) is 0 Å². The molecule has 9 heteroatoms. The molecule has 3 aromatic heterocycles. The van der Waals surface area contributed by atoms with Crippen molar-refractivity contribution in [2.45, 2.75) is 23.3 Å². The maximum Gasteiger partial charge on any atom is 0.283 e. The Labute approximate surface area is 186 Å². The van der Waals surface area contributed by atoms with Crippen LogP contribution in [0.15, 0.2) is 87.7 Å². The lowest BCUT2D eigenvalue weighted by Crippen LogP contribution is -2.03. The van der Waals surface area contributed by atoms with E-state index in [-0.39, 0.29) is 5.82 Å². The van der Waals surface area contributed by atoms with E-state index < -0.39 is 6.10 Å². The number of aromatic nitrogens is 5. The average Bonchev–Trinajstić information content (AvgIpc) is 3.30. The normalized spacial score (nSPS) is 12.1. The Hall–Kier alpha value is -3.85. The third-order valence-corrected chi connectivity index (χ3v) is 5.43. The molecule has 2 aromatic carbocycles. The van der Waals surface area contributed by atoms with Crippen molar-refractivity contribution in [3.8, 4) is 17.1 Å². The quantitative estimate of drug-likeness (QED) is 0.317. The second-order valence-electron chi connectivity index (χ2n) is 6.83. The number of nitrogens with zero attached hydrogens (tertiary/aromatic N) is 5. The summed E-state index contributed by atoms with van der Waals surface area (Å²) in [5.74, 6) is 1.07. The van der Waals surface area contributed by atoms with E-state index in [1.54, 1.807) is 31.5 Å². The molecule has 0 amide bonds. The van der Waals surface area contributed by atoms with Crippen molar-refractivity contribution < 1.29 is 13.5 Å². The SMILES string of the molecule is CC(Oc1ccc(F)cc1)c1nnc(Sc2nc(-c3ccncc3)nc3ccccc23)o1. The van der Waals surface area contributed by atoms with Gasteiger partial charge < -0.3 is 9.15 Å². The van der Waals surface area contributed by atoms with Crippen molar-refractivity contribution in [2.75, 3.05) is 0 Å². The van der Waals surface area contributed by atoms with Crippen molar-refractivity contribution >= 4 is 22.7 Å². The summed E-state index contributed by atoms with van der Waals surface area (Å²) in [6.07, 6.45) is 2.90. The molecule has 5 aromatic rings. The van der Waals surface area contributed by atoms with E-state index in [0.717, 1.165) is 16.5 Å². The van der Waals surface area contributed by atoms with Crippen LogP contribution >= 0.6 is 11.8 Å². The van der Waals surface area contributed by atoms with Crippen LogP contribution in [0.3, 0.4) is 0 Å². The summed E-state index contributed by atoms with van der Waals surface area (Å²) >= 11 is 1.26. The van der Waals surface area contributed by atoms with E-state index >= 15 is 0 Å². The topological polar surface area (TPSA) is 86.8 Å². The van der Waals surface area contributed by atoms with Crippen molar-refractivity contribution in [1.82, 2.24) is 25.1 Å². The van der Waals surface area contributed by atoms with Gasteiger partial charge in [-0.05, 0) is 61.2 Å². The summed E-state index contributed by atoms with van der Waals surface area (Å²) in [7, 11) is 0. The lowest BCUT2D eigenvalue weighted by molar-refractivity contribution is 0.181. The molecular weight excluding hydrogens is 429 g/mol. The largest absolute Gasteiger partial charge is 0.481 e. The molecule has 0 bridgehead atoms. The fourth-order valence-corrected chi connectivity index (χ4v) is 3.82. The molecule has 0 fully saturated rings. The Bertz CT molecular complexity index is 1360. The van der Waals surface area contributed by atoms with Crippen LogP contribution in [-0.4, -0.2) is 25.1 Å². The second-order valence-corrected chi connectivity index (χ2v) is 7.77. The predicted molar refractivity (Wildman–Crippen MR) is 117 cm³/mol. The van der Waals surface area contributed by atoms with E-state index in [0.29, 0.717) is 27.7 Å². The molecule has 3 heterocycles. The molecule has 0 spiro atoms. The van der Waals surface area contributed by atoms with Crippen LogP contribution < -0.4 is 4.74 Å².